The minimum Gasteiger partial charge on any atom is -0.313 e. The van der Waals surface area contributed by atoms with Crippen molar-refractivity contribution >= 4 is 15.9 Å². The van der Waals surface area contributed by atoms with Gasteiger partial charge in [-0.3, -0.25) is 0 Å². The summed E-state index contributed by atoms with van der Waals surface area (Å²) >= 11 is 3.53. The van der Waals surface area contributed by atoms with Gasteiger partial charge < -0.3 is 5.32 Å². The van der Waals surface area contributed by atoms with Crippen LogP contribution in [-0.2, 0) is 0 Å². The van der Waals surface area contributed by atoms with Gasteiger partial charge in [-0.2, -0.15) is 0 Å². The average Bonchev–Trinajstić information content (AvgIpc) is 2.26. The molecule has 0 bridgehead atoms. The van der Waals surface area contributed by atoms with Gasteiger partial charge in [-0.05, 0) is 37.1 Å². The highest BCUT2D eigenvalue weighted by Crippen LogP contribution is 2.25. The summed E-state index contributed by atoms with van der Waals surface area (Å²) in [7, 11) is 2.05. The highest BCUT2D eigenvalue weighted by atomic mass is 79.9. The highest BCUT2D eigenvalue weighted by molar-refractivity contribution is 9.10. The van der Waals surface area contributed by atoms with Crippen LogP contribution in [0.1, 0.15) is 44.7 Å². The third-order valence-corrected chi connectivity index (χ3v) is 3.51. The van der Waals surface area contributed by atoms with Crippen LogP contribution < -0.4 is 5.32 Å². The molecule has 1 nitrogen and oxygen atoms in total. The molecule has 1 aromatic carbocycles. The predicted molar refractivity (Wildman–Crippen MR) is 74.6 cm³/mol. The van der Waals surface area contributed by atoms with Gasteiger partial charge in [0.15, 0.2) is 0 Å². The molecule has 0 aliphatic rings. The molecule has 0 aliphatic heterocycles. The van der Waals surface area contributed by atoms with E-state index in [1.165, 1.54) is 24.8 Å². The molecule has 0 spiro atoms. The summed E-state index contributed by atoms with van der Waals surface area (Å²) in [5, 5.41) is 3.41. The third kappa shape index (κ3) is 4.26. The monoisotopic (exact) mass is 283 g/mol. The van der Waals surface area contributed by atoms with Gasteiger partial charge in [0.25, 0.3) is 0 Å². The Kier molecular flexibility index (Phi) is 6.07. The van der Waals surface area contributed by atoms with Gasteiger partial charge in [-0.1, -0.05) is 54.8 Å². The van der Waals surface area contributed by atoms with Gasteiger partial charge >= 0.3 is 0 Å². The van der Waals surface area contributed by atoms with Crippen molar-refractivity contribution in [1.29, 1.82) is 0 Å². The fourth-order valence-corrected chi connectivity index (χ4v) is 2.57. The molecule has 0 fully saturated rings. The molecule has 0 heterocycles. The van der Waals surface area contributed by atoms with E-state index < -0.39 is 0 Å². The van der Waals surface area contributed by atoms with Crippen LogP contribution in [0, 0.1) is 5.92 Å². The van der Waals surface area contributed by atoms with E-state index in [4.69, 9.17) is 0 Å². The molecular weight excluding hydrogens is 262 g/mol. The van der Waals surface area contributed by atoms with Gasteiger partial charge in [0.2, 0.25) is 0 Å². The maximum Gasteiger partial charge on any atom is 0.0320 e. The maximum absolute atomic E-state index is 3.53. The molecule has 1 aromatic rings. The van der Waals surface area contributed by atoms with E-state index in [2.05, 4.69) is 59.4 Å². The SMILES string of the molecule is CCCC(C)CC(NC)c1cccc(Br)c1. The summed E-state index contributed by atoms with van der Waals surface area (Å²) in [5.74, 6) is 0.779. The molecular formula is C14H22BrN. The van der Waals surface area contributed by atoms with E-state index in [9.17, 15) is 0 Å². The molecule has 0 aromatic heterocycles. The van der Waals surface area contributed by atoms with Crippen LogP contribution in [0.2, 0.25) is 0 Å². The smallest absolute Gasteiger partial charge is 0.0320 e. The Balaban J connectivity index is 2.67. The lowest BCUT2D eigenvalue weighted by Gasteiger charge is -2.21. The zero-order chi connectivity index (χ0) is 12.0. The fraction of sp³-hybridized carbons (Fsp3) is 0.571. The maximum atomic E-state index is 3.53. The summed E-state index contributed by atoms with van der Waals surface area (Å²) in [4.78, 5) is 0. The van der Waals surface area contributed by atoms with Crippen molar-refractivity contribution in [2.45, 2.75) is 39.2 Å². The Hall–Kier alpha value is -0.340. The fourth-order valence-electron chi connectivity index (χ4n) is 2.16. The molecule has 0 aliphatic carbocycles. The van der Waals surface area contributed by atoms with Crippen molar-refractivity contribution < 1.29 is 0 Å². The van der Waals surface area contributed by atoms with Crippen molar-refractivity contribution in [3.05, 3.63) is 34.3 Å². The zero-order valence-electron chi connectivity index (χ0n) is 10.5. The largest absolute Gasteiger partial charge is 0.313 e. The van der Waals surface area contributed by atoms with Gasteiger partial charge in [-0.25, -0.2) is 0 Å². The minimum absolute atomic E-state index is 0.471. The number of rotatable bonds is 6. The van der Waals surface area contributed by atoms with Crippen LogP contribution in [0.25, 0.3) is 0 Å². The lowest BCUT2D eigenvalue weighted by molar-refractivity contribution is 0.407. The quantitative estimate of drug-likeness (QED) is 0.809. The van der Waals surface area contributed by atoms with E-state index in [0.717, 1.165) is 10.4 Å². The molecule has 0 saturated heterocycles. The first-order valence-corrected chi connectivity index (χ1v) is 6.89. The van der Waals surface area contributed by atoms with Gasteiger partial charge in [0.1, 0.15) is 0 Å². The first-order chi connectivity index (χ1) is 7.67. The zero-order valence-corrected chi connectivity index (χ0v) is 12.0. The van der Waals surface area contributed by atoms with Crippen molar-refractivity contribution in [2.75, 3.05) is 7.05 Å². The molecule has 1 N–H and O–H groups in total. The molecule has 2 unspecified atom stereocenters. The Bertz CT molecular complexity index is 311. The summed E-state index contributed by atoms with van der Waals surface area (Å²) in [6.07, 6.45) is 3.79. The van der Waals surface area contributed by atoms with E-state index >= 15 is 0 Å². The molecule has 1 rings (SSSR count). The van der Waals surface area contributed by atoms with Crippen LogP contribution in [0.5, 0.6) is 0 Å². The lowest BCUT2D eigenvalue weighted by Crippen LogP contribution is -2.19. The van der Waals surface area contributed by atoms with Crippen LogP contribution in [0.4, 0.5) is 0 Å². The van der Waals surface area contributed by atoms with E-state index in [-0.39, 0.29) is 0 Å². The predicted octanol–water partition coefficient (Wildman–Crippen LogP) is 4.54. The summed E-state index contributed by atoms with van der Waals surface area (Å²) in [5.41, 5.74) is 1.37. The van der Waals surface area contributed by atoms with Crippen molar-refractivity contribution in [2.24, 2.45) is 5.92 Å². The highest BCUT2D eigenvalue weighted by Gasteiger charge is 2.13. The average molecular weight is 284 g/mol. The number of nitrogens with one attached hydrogen (secondary N) is 1. The van der Waals surface area contributed by atoms with Crippen LogP contribution >= 0.6 is 15.9 Å². The molecule has 0 amide bonds. The Morgan fingerprint density at radius 1 is 1.38 bits per heavy atom. The second-order valence-corrected chi connectivity index (χ2v) is 5.44. The topological polar surface area (TPSA) is 12.0 Å². The molecule has 0 saturated carbocycles. The molecule has 90 valence electrons. The van der Waals surface area contributed by atoms with Crippen molar-refractivity contribution in [3.8, 4) is 0 Å². The van der Waals surface area contributed by atoms with E-state index in [1.807, 2.05) is 7.05 Å². The summed E-state index contributed by atoms with van der Waals surface area (Å²) in [6.45, 7) is 4.59. The van der Waals surface area contributed by atoms with Crippen molar-refractivity contribution in [1.82, 2.24) is 5.32 Å². The molecule has 2 atom stereocenters. The second kappa shape index (κ2) is 7.08. The number of benzene rings is 1. The normalized spacial score (nSPS) is 14.8. The van der Waals surface area contributed by atoms with Crippen molar-refractivity contribution in [3.63, 3.8) is 0 Å². The minimum atomic E-state index is 0.471. The van der Waals surface area contributed by atoms with Crippen LogP contribution in [0.15, 0.2) is 28.7 Å². The third-order valence-electron chi connectivity index (χ3n) is 3.02. The van der Waals surface area contributed by atoms with Gasteiger partial charge in [0.05, 0.1) is 0 Å². The first kappa shape index (κ1) is 13.7. The second-order valence-electron chi connectivity index (χ2n) is 4.53. The van der Waals surface area contributed by atoms with Crippen LogP contribution in [-0.4, -0.2) is 7.05 Å². The van der Waals surface area contributed by atoms with E-state index in [1.54, 1.807) is 0 Å². The molecule has 2 heteroatoms. The van der Waals surface area contributed by atoms with E-state index in [0.29, 0.717) is 6.04 Å². The molecule has 0 radical (unpaired) electrons. The Morgan fingerprint density at radius 3 is 2.69 bits per heavy atom. The number of hydrogen-bond acceptors (Lipinski definition) is 1. The summed E-state index contributed by atoms with van der Waals surface area (Å²) in [6, 6.07) is 9.06. The Morgan fingerprint density at radius 2 is 2.12 bits per heavy atom. The van der Waals surface area contributed by atoms with Crippen LogP contribution in [0.3, 0.4) is 0 Å². The lowest BCUT2D eigenvalue weighted by atomic mass is 9.93. The standard InChI is InChI=1S/C14H22BrN/c1-4-6-11(2)9-14(16-3)12-7-5-8-13(15)10-12/h5,7-8,10-11,14,16H,4,6,9H2,1-3H3. The van der Waals surface area contributed by atoms with Gasteiger partial charge in [-0.15, -0.1) is 0 Å². The summed E-state index contributed by atoms with van der Waals surface area (Å²) < 4.78 is 1.16. The van der Waals surface area contributed by atoms with Gasteiger partial charge in [0, 0.05) is 10.5 Å². The first-order valence-electron chi connectivity index (χ1n) is 6.10. The Labute approximate surface area is 108 Å². The molecule has 16 heavy (non-hydrogen) atoms. The number of hydrogen-bond donors (Lipinski definition) is 1. The number of halogens is 1.